The SMILES string of the molecule is CCCCCc1cc(C(=O)N2CCC2C(=O)OC)cc(OC)c1OC. The Morgan fingerprint density at radius 2 is 1.92 bits per heavy atom. The highest BCUT2D eigenvalue weighted by Crippen LogP contribution is 2.35. The maximum atomic E-state index is 12.8. The maximum Gasteiger partial charge on any atom is 0.328 e. The Morgan fingerprint density at radius 1 is 1.16 bits per heavy atom. The summed E-state index contributed by atoms with van der Waals surface area (Å²) in [5.41, 5.74) is 1.46. The lowest BCUT2D eigenvalue weighted by molar-refractivity contribution is -0.149. The van der Waals surface area contributed by atoms with Crippen LogP contribution in [-0.4, -0.2) is 50.7 Å². The molecule has 138 valence electrons. The summed E-state index contributed by atoms with van der Waals surface area (Å²) >= 11 is 0. The van der Waals surface area contributed by atoms with E-state index in [9.17, 15) is 9.59 Å². The molecule has 25 heavy (non-hydrogen) atoms. The van der Waals surface area contributed by atoms with Crippen LogP contribution >= 0.6 is 0 Å². The van der Waals surface area contributed by atoms with Crippen molar-refractivity contribution in [2.75, 3.05) is 27.9 Å². The lowest BCUT2D eigenvalue weighted by atomic mass is 9.98. The van der Waals surface area contributed by atoms with Crippen molar-refractivity contribution in [3.05, 3.63) is 23.3 Å². The minimum Gasteiger partial charge on any atom is -0.493 e. The van der Waals surface area contributed by atoms with Crippen LogP contribution < -0.4 is 9.47 Å². The number of aryl methyl sites for hydroxylation is 1. The number of ether oxygens (including phenoxy) is 3. The lowest BCUT2D eigenvalue weighted by Crippen LogP contribution is -2.55. The fraction of sp³-hybridized carbons (Fsp3) is 0.579. The first-order valence-corrected chi connectivity index (χ1v) is 8.71. The molecule has 0 N–H and O–H groups in total. The van der Waals surface area contributed by atoms with Crippen LogP contribution in [0.3, 0.4) is 0 Å². The number of methoxy groups -OCH3 is 3. The van der Waals surface area contributed by atoms with Crippen LogP contribution in [0.1, 0.15) is 48.5 Å². The Labute approximate surface area is 149 Å². The normalized spacial score (nSPS) is 16.2. The molecule has 1 amide bonds. The van der Waals surface area contributed by atoms with Crippen LogP contribution in [-0.2, 0) is 16.0 Å². The number of likely N-dealkylation sites (tertiary alicyclic amines) is 1. The number of carbonyl (C=O) groups excluding carboxylic acids is 2. The molecule has 2 rings (SSSR count). The molecule has 6 nitrogen and oxygen atoms in total. The number of benzene rings is 1. The van der Waals surface area contributed by atoms with E-state index < -0.39 is 6.04 Å². The van der Waals surface area contributed by atoms with Gasteiger partial charge in [0.1, 0.15) is 6.04 Å². The van der Waals surface area contributed by atoms with Crippen LogP contribution in [0.4, 0.5) is 0 Å². The van der Waals surface area contributed by atoms with E-state index in [1.165, 1.54) is 7.11 Å². The van der Waals surface area contributed by atoms with Crippen LogP contribution in [0.15, 0.2) is 12.1 Å². The van der Waals surface area contributed by atoms with E-state index in [1.807, 2.05) is 6.07 Å². The monoisotopic (exact) mass is 349 g/mol. The first-order chi connectivity index (χ1) is 12.1. The van der Waals surface area contributed by atoms with E-state index in [1.54, 1.807) is 25.2 Å². The number of nitrogens with zero attached hydrogens (tertiary/aromatic N) is 1. The van der Waals surface area contributed by atoms with Crippen molar-refractivity contribution in [2.45, 2.75) is 45.1 Å². The zero-order valence-corrected chi connectivity index (χ0v) is 15.5. The Morgan fingerprint density at radius 3 is 2.44 bits per heavy atom. The topological polar surface area (TPSA) is 65.1 Å². The highest BCUT2D eigenvalue weighted by Gasteiger charge is 2.39. The molecule has 1 saturated heterocycles. The van der Waals surface area contributed by atoms with Gasteiger partial charge < -0.3 is 19.1 Å². The van der Waals surface area contributed by atoms with Crippen molar-refractivity contribution >= 4 is 11.9 Å². The van der Waals surface area contributed by atoms with Gasteiger partial charge in [-0.05, 0) is 37.0 Å². The molecule has 0 bridgehead atoms. The zero-order valence-electron chi connectivity index (χ0n) is 15.5. The number of carbonyl (C=O) groups is 2. The lowest BCUT2D eigenvalue weighted by Gasteiger charge is -2.38. The maximum absolute atomic E-state index is 12.8. The second-order valence-corrected chi connectivity index (χ2v) is 6.15. The summed E-state index contributed by atoms with van der Waals surface area (Å²) in [6, 6.07) is 3.04. The second kappa shape index (κ2) is 8.74. The van der Waals surface area contributed by atoms with Gasteiger partial charge in [0.2, 0.25) is 0 Å². The average Bonchev–Trinajstić information content (AvgIpc) is 2.59. The molecule has 0 radical (unpaired) electrons. The average molecular weight is 349 g/mol. The first-order valence-electron chi connectivity index (χ1n) is 8.71. The van der Waals surface area contributed by atoms with E-state index in [4.69, 9.17) is 14.2 Å². The highest BCUT2D eigenvalue weighted by atomic mass is 16.5. The minimum atomic E-state index is -0.492. The van der Waals surface area contributed by atoms with Gasteiger partial charge >= 0.3 is 5.97 Å². The molecule has 1 heterocycles. The van der Waals surface area contributed by atoms with Gasteiger partial charge in [0.15, 0.2) is 11.5 Å². The molecule has 1 unspecified atom stereocenters. The van der Waals surface area contributed by atoms with Crippen molar-refractivity contribution in [2.24, 2.45) is 0 Å². The van der Waals surface area contributed by atoms with Gasteiger partial charge in [-0.15, -0.1) is 0 Å². The zero-order chi connectivity index (χ0) is 18.4. The molecular formula is C19H27NO5. The fourth-order valence-electron chi connectivity index (χ4n) is 3.10. The summed E-state index contributed by atoms with van der Waals surface area (Å²) < 4.78 is 15.7. The quantitative estimate of drug-likeness (QED) is 0.533. The van der Waals surface area contributed by atoms with E-state index in [0.29, 0.717) is 30.0 Å². The van der Waals surface area contributed by atoms with Gasteiger partial charge in [-0.2, -0.15) is 0 Å². The van der Waals surface area contributed by atoms with Crippen LogP contribution in [0.5, 0.6) is 11.5 Å². The third kappa shape index (κ3) is 4.06. The van der Waals surface area contributed by atoms with Crippen molar-refractivity contribution in [3.63, 3.8) is 0 Å². The molecule has 1 atom stereocenters. The molecule has 0 saturated carbocycles. The van der Waals surface area contributed by atoms with Gasteiger partial charge in [-0.1, -0.05) is 19.8 Å². The number of unbranched alkanes of at least 4 members (excludes halogenated alkanes) is 2. The number of hydrogen-bond donors (Lipinski definition) is 0. The Kier molecular flexibility index (Phi) is 6.67. The molecule has 0 spiro atoms. The van der Waals surface area contributed by atoms with E-state index in [2.05, 4.69) is 6.92 Å². The Balaban J connectivity index is 2.29. The van der Waals surface area contributed by atoms with Crippen molar-refractivity contribution in [1.82, 2.24) is 4.90 Å². The van der Waals surface area contributed by atoms with Gasteiger partial charge in [-0.3, -0.25) is 4.79 Å². The summed E-state index contributed by atoms with van der Waals surface area (Å²) in [4.78, 5) is 26.1. The molecule has 1 aromatic rings. The summed E-state index contributed by atoms with van der Waals surface area (Å²) in [5.74, 6) is 0.654. The molecule has 1 fully saturated rings. The third-order valence-electron chi connectivity index (χ3n) is 4.61. The predicted octanol–water partition coefficient (Wildman–Crippen LogP) is 2.82. The predicted molar refractivity (Wildman–Crippen MR) is 94.2 cm³/mol. The van der Waals surface area contributed by atoms with E-state index in [0.717, 1.165) is 31.2 Å². The van der Waals surface area contributed by atoms with Crippen LogP contribution in [0.25, 0.3) is 0 Å². The molecule has 0 aromatic heterocycles. The number of hydrogen-bond acceptors (Lipinski definition) is 5. The fourth-order valence-corrected chi connectivity index (χ4v) is 3.10. The molecule has 1 aliphatic heterocycles. The van der Waals surface area contributed by atoms with Crippen LogP contribution in [0, 0.1) is 0 Å². The largest absolute Gasteiger partial charge is 0.493 e. The molecular weight excluding hydrogens is 322 g/mol. The van der Waals surface area contributed by atoms with E-state index >= 15 is 0 Å². The third-order valence-corrected chi connectivity index (χ3v) is 4.61. The summed E-state index contributed by atoms with van der Waals surface area (Å²) in [7, 11) is 4.50. The van der Waals surface area contributed by atoms with Gasteiger partial charge in [0.05, 0.1) is 21.3 Å². The Hall–Kier alpha value is -2.24. The molecule has 1 aromatic carbocycles. The highest BCUT2D eigenvalue weighted by molar-refractivity contribution is 5.98. The second-order valence-electron chi connectivity index (χ2n) is 6.15. The first kappa shape index (κ1) is 19.1. The molecule has 1 aliphatic rings. The molecule has 0 aliphatic carbocycles. The number of amides is 1. The summed E-state index contributed by atoms with van der Waals surface area (Å²) in [5, 5.41) is 0. The molecule has 6 heteroatoms. The smallest absolute Gasteiger partial charge is 0.328 e. The van der Waals surface area contributed by atoms with Gasteiger partial charge in [0, 0.05) is 12.1 Å². The van der Waals surface area contributed by atoms with Gasteiger partial charge in [0.25, 0.3) is 5.91 Å². The van der Waals surface area contributed by atoms with Crippen LogP contribution in [0.2, 0.25) is 0 Å². The van der Waals surface area contributed by atoms with E-state index in [-0.39, 0.29) is 11.9 Å². The standard InChI is InChI=1S/C19H27NO5/c1-5-6-7-8-13-11-14(12-16(23-2)17(13)24-3)18(21)20-10-9-15(20)19(22)25-4/h11-12,15H,5-10H2,1-4H3. The number of rotatable bonds is 8. The van der Waals surface area contributed by atoms with Crippen molar-refractivity contribution in [1.29, 1.82) is 0 Å². The Bertz CT molecular complexity index is 628. The minimum absolute atomic E-state index is 0.181. The number of esters is 1. The van der Waals surface area contributed by atoms with Gasteiger partial charge in [-0.25, -0.2) is 4.79 Å². The van der Waals surface area contributed by atoms with Crippen molar-refractivity contribution < 1.29 is 23.8 Å². The summed E-state index contributed by atoms with van der Waals surface area (Å²) in [6.45, 7) is 2.70. The van der Waals surface area contributed by atoms with Crippen molar-refractivity contribution in [3.8, 4) is 11.5 Å². The summed E-state index contributed by atoms with van der Waals surface area (Å²) in [6.07, 6.45) is 4.69.